The summed E-state index contributed by atoms with van der Waals surface area (Å²) in [5.41, 5.74) is 0.609. The predicted molar refractivity (Wildman–Crippen MR) is 73.4 cm³/mol. The third kappa shape index (κ3) is 5.94. The zero-order valence-electron chi connectivity index (χ0n) is 11.3. The zero-order valence-corrected chi connectivity index (χ0v) is 12.1. The van der Waals surface area contributed by atoms with Gasteiger partial charge in [0.2, 0.25) is 0 Å². The lowest BCUT2D eigenvalue weighted by molar-refractivity contribution is 0.265. The Morgan fingerprint density at radius 3 is 2.53 bits per heavy atom. The topological polar surface area (TPSA) is 72.8 Å². The molecule has 1 aromatic carbocycles. The fourth-order valence-corrected chi connectivity index (χ4v) is 1.80. The standard InChI is InChI=1S/C13H20O5S/c1-3-6-17-12-5-4-11(10-14)13(9-12)18-7-8-19(2,15)16/h4-5,9,14H,3,6-8,10H2,1-2H3. The van der Waals surface area contributed by atoms with E-state index in [2.05, 4.69) is 0 Å². The van der Waals surface area contributed by atoms with Gasteiger partial charge in [-0.1, -0.05) is 6.92 Å². The molecule has 0 saturated carbocycles. The Labute approximate surface area is 114 Å². The van der Waals surface area contributed by atoms with Crippen LogP contribution in [0.4, 0.5) is 0 Å². The lowest BCUT2D eigenvalue weighted by Crippen LogP contribution is -2.12. The molecule has 0 fully saturated rings. The maximum Gasteiger partial charge on any atom is 0.150 e. The molecule has 0 aliphatic rings. The highest BCUT2D eigenvalue weighted by atomic mass is 32.2. The van der Waals surface area contributed by atoms with E-state index in [1.54, 1.807) is 18.2 Å². The van der Waals surface area contributed by atoms with Crippen LogP contribution in [0.25, 0.3) is 0 Å². The molecule has 0 saturated heterocycles. The summed E-state index contributed by atoms with van der Waals surface area (Å²) in [6, 6.07) is 5.13. The van der Waals surface area contributed by atoms with Crippen molar-refractivity contribution in [2.24, 2.45) is 0 Å². The fourth-order valence-electron chi connectivity index (χ4n) is 1.41. The summed E-state index contributed by atoms with van der Waals surface area (Å²) >= 11 is 0. The first-order chi connectivity index (χ1) is 8.96. The largest absolute Gasteiger partial charge is 0.493 e. The minimum atomic E-state index is -3.06. The molecule has 0 spiro atoms. The first-order valence-corrected chi connectivity index (χ1v) is 8.19. The molecule has 0 aliphatic heterocycles. The highest BCUT2D eigenvalue weighted by molar-refractivity contribution is 7.90. The van der Waals surface area contributed by atoms with E-state index in [4.69, 9.17) is 9.47 Å². The third-order valence-corrected chi connectivity index (χ3v) is 3.30. The van der Waals surface area contributed by atoms with Crippen LogP contribution >= 0.6 is 0 Å². The summed E-state index contributed by atoms with van der Waals surface area (Å²) in [6.45, 7) is 2.50. The first kappa shape index (κ1) is 15.8. The SMILES string of the molecule is CCCOc1ccc(CO)c(OCCS(C)(=O)=O)c1. The Morgan fingerprint density at radius 2 is 1.95 bits per heavy atom. The van der Waals surface area contributed by atoms with E-state index in [0.717, 1.165) is 12.7 Å². The molecule has 0 aromatic heterocycles. The molecule has 6 heteroatoms. The van der Waals surface area contributed by atoms with Crippen molar-refractivity contribution in [2.45, 2.75) is 20.0 Å². The Balaban J connectivity index is 2.72. The van der Waals surface area contributed by atoms with Gasteiger partial charge in [0, 0.05) is 17.9 Å². The highest BCUT2D eigenvalue weighted by Gasteiger charge is 2.08. The maximum absolute atomic E-state index is 11.0. The Morgan fingerprint density at radius 1 is 1.21 bits per heavy atom. The summed E-state index contributed by atoms with van der Waals surface area (Å²) in [6.07, 6.45) is 2.05. The molecule has 1 N–H and O–H groups in total. The van der Waals surface area contributed by atoms with E-state index in [9.17, 15) is 13.5 Å². The van der Waals surface area contributed by atoms with Gasteiger partial charge in [-0.15, -0.1) is 0 Å². The molecular weight excluding hydrogens is 268 g/mol. The van der Waals surface area contributed by atoms with Crippen molar-refractivity contribution in [1.82, 2.24) is 0 Å². The van der Waals surface area contributed by atoms with Gasteiger partial charge in [-0.3, -0.25) is 0 Å². The van der Waals surface area contributed by atoms with Gasteiger partial charge in [-0.2, -0.15) is 0 Å². The van der Waals surface area contributed by atoms with Crippen molar-refractivity contribution in [3.05, 3.63) is 23.8 Å². The molecular formula is C13H20O5S. The quantitative estimate of drug-likeness (QED) is 0.782. The van der Waals surface area contributed by atoms with E-state index in [1.807, 2.05) is 6.92 Å². The van der Waals surface area contributed by atoms with Gasteiger partial charge in [0.05, 0.1) is 19.0 Å². The Kier molecular flexibility index (Phi) is 6.11. The Bertz CT molecular complexity index is 496. The number of aliphatic hydroxyl groups is 1. The van der Waals surface area contributed by atoms with E-state index in [-0.39, 0.29) is 19.0 Å². The molecule has 0 amide bonds. The lowest BCUT2D eigenvalue weighted by Gasteiger charge is -2.12. The lowest BCUT2D eigenvalue weighted by atomic mass is 10.2. The van der Waals surface area contributed by atoms with Crippen LogP contribution in [0.15, 0.2) is 18.2 Å². The molecule has 108 valence electrons. The molecule has 0 aliphatic carbocycles. The monoisotopic (exact) mass is 288 g/mol. The number of benzene rings is 1. The van der Waals surface area contributed by atoms with Crippen LogP contribution in [0, 0.1) is 0 Å². The summed E-state index contributed by atoms with van der Waals surface area (Å²) in [7, 11) is -3.06. The van der Waals surface area contributed by atoms with Crippen molar-refractivity contribution in [1.29, 1.82) is 0 Å². The summed E-state index contributed by atoms with van der Waals surface area (Å²) < 4.78 is 32.9. The zero-order chi connectivity index (χ0) is 14.3. The smallest absolute Gasteiger partial charge is 0.150 e. The molecule has 5 nitrogen and oxygen atoms in total. The number of ether oxygens (including phenoxy) is 2. The van der Waals surface area contributed by atoms with Gasteiger partial charge in [0.15, 0.2) is 9.84 Å². The van der Waals surface area contributed by atoms with Crippen LogP contribution in [-0.2, 0) is 16.4 Å². The van der Waals surface area contributed by atoms with E-state index in [1.165, 1.54) is 0 Å². The first-order valence-electron chi connectivity index (χ1n) is 6.13. The van der Waals surface area contributed by atoms with Crippen LogP contribution in [0.2, 0.25) is 0 Å². The van der Waals surface area contributed by atoms with Gasteiger partial charge >= 0.3 is 0 Å². The second-order valence-electron chi connectivity index (χ2n) is 4.25. The van der Waals surface area contributed by atoms with Crippen molar-refractivity contribution in [3.8, 4) is 11.5 Å². The minimum Gasteiger partial charge on any atom is -0.493 e. The number of aliphatic hydroxyl groups excluding tert-OH is 1. The Hall–Kier alpha value is -1.27. The second kappa shape index (κ2) is 7.35. The predicted octanol–water partition coefficient (Wildman–Crippen LogP) is 1.39. The molecule has 0 bridgehead atoms. The van der Waals surface area contributed by atoms with Crippen LogP contribution in [0.5, 0.6) is 11.5 Å². The minimum absolute atomic E-state index is 0.0576. The molecule has 1 rings (SSSR count). The average molecular weight is 288 g/mol. The van der Waals surface area contributed by atoms with Gasteiger partial charge in [-0.25, -0.2) is 8.42 Å². The number of hydrogen-bond donors (Lipinski definition) is 1. The fraction of sp³-hybridized carbons (Fsp3) is 0.538. The summed E-state index contributed by atoms with van der Waals surface area (Å²) in [4.78, 5) is 0. The number of rotatable bonds is 8. The number of hydrogen-bond acceptors (Lipinski definition) is 5. The molecule has 0 unspecified atom stereocenters. The van der Waals surface area contributed by atoms with E-state index < -0.39 is 9.84 Å². The van der Waals surface area contributed by atoms with Crippen molar-refractivity contribution >= 4 is 9.84 Å². The normalized spacial score (nSPS) is 11.3. The van der Waals surface area contributed by atoms with Crippen LogP contribution < -0.4 is 9.47 Å². The molecule has 19 heavy (non-hydrogen) atoms. The molecule has 0 atom stereocenters. The van der Waals surface area contributed by atoms with Crippen LogP contribution in [-0.4, -0.2) is 38.7 Å². The van der Waals surface area contributed by atoms with Crippen molar-refractivity contribution in [3.63, 3.8) is 0 Å². The summed E-state index contributed by atoms with van der Waals surface area (Å²) in [5, 5.41) is 9.21. The second-order valence-corrected chi connectivity index (χ2v) is 6.51. The van der Waals surface area contributed by atoms with Gasteiger partial charge in [-0.05, 0) is 18.6 Å². The maximum atomic E-state index is 11.0. The number of sulfone groups is 1. The third-order valence-electron chi connectivity index (χ3n) is 2.39. The van der Waals surface area contributed by atoms with Gasteiger partial charge in [0.1, 0.15) is 18.1 Å². The van der Waals surface area contributed by atoms with Crippen LogP contribution in [0.1, 0.15) is 18.9 Å². The molecule has 1 aromatic rings. The van der Waals surface area contributed by atoms with E-state index >= 15 is 0 Å². The van der Waals surface area contributed by atoms with Crippen molar-refractivity contribution < 1.29 is 23.0 Å². The van der Waals surface area contributed by atoms with Crippen molar-refractivity contribution in [2.75, 3.05) is 25.2 Å². The van der Waals surface area contributed by atoms with Gasteiger partial charge < -0.3 is 14.6 Å². The summed E-state index contributed by atoms with van der Waals surface area (Å²) in [5.74, 6) is 1.05. The van der Waals surface area contributed by atoms with Crippen LogP contribution in [0.3, 0.4) is 0 Å². The van der Waals surface area contributed by atoms with E-state index in [0.29, 0.717) is 23.7 Å². The van der Waals surface area contributed by atoms with Gasteiger partial charge in [0.25, 0.3) is 0 Å². The molecule has 0 radical (unpaired) electrons. The molecule has 0 heterocycles. The average Bonchev–Trinajstić information content (AvgIpc) is 2.35. The highest BCUT2D eigenvalue weighted by Crippen LogP contribution is 2.25.